The molecule has 0 radical (unpaired) electrons. The first-order chi connectivity index (χ1) is 12.1. The molecule has 3 aromatic rings. The average molecular weight is 336 g/mol. The third kappa shape index (κ3) is 3.88. The summed E-state index contributed by atoms with van der Waals surface area (Å²) < 4.78 is 8.05. The molecule has 5 heteroatoms. The van der Waals surface area contributed by atoms with Crippen LogP contribution in [-0.4, -0.2) is 16.2 Å². The first-order valence-electron chi connectivity index (χ1n) is 8.05. The molecule has 2 aromatic carbocycles. The maximum atomic E-state index is 12.4. The van der Waals surface area contributed by atoms with Crippen molar-refractivity contribution in [3.05, 3.63) is 98.3 Å². The zero-order valence-electron chi connectivity index (χ0n) is 14.3. The summed E-state index contributed by atoms with van der Waals surface area (Å²) in [5, 5.41) is 0. The van der Waals surface area contributed by atoms with E-state index in [1.54, 1.807) is 19.5 Å². The van der Waals surface area contributed by atoms with Crippen molar-refractivity contribution >= 4 is 0 Å². The number of aromatic nitrogens is 2. The molecular formula is C20H20N2O3. The average Bonchev–Trinajstić information content (AvgIpc) is 2.63. The number of hydrogen-bond donors (Lipinski definition) is 0. The highest BCUT2D eigenvalue weighted by molar-refractivity contribution is 5.28. The van der Waals surface area contributed by atoms with Crippen molar-refractivity contribution in [2.24, 2.45) is 0 Å². The van der Waals surface area contributed by atoms with E-state index in [9.17, 15) is 9.59 Å². The van der Waals surface area contributed by atoms with Gasteiger partial charge in [-0.05, 0) is 30.2 Å². The largest absolute Gasteiger partial charge is 0.497 e. The van der Waals surface area contributed by atoms with Crippen LogP contribution < -0.4 is 15.9 Å². The van der Waals surface area contributed by atoms with E-state index in [1.807, 2.05) is 55.5 Å². The number of rotatable bonds is 5. The summed E-state index contributed by atoms with van der Waals surface area (Å²) >= 11 is 0. The van der Waals surface area contributed by atoms with Crippen molar-refractivity contribution in [1.29, 1.82) is 0 Å². The lowest BCUT2D eigenvalue weighted by Gasteiger charge is -2.10. The minimum Gasteiger partial charge on any atom is -0.497 e. The van der Waals surface area contributed by atoms with Crippen LogP contribution in [0.5, 0.6) is 5.75 Å². The predicted molar refractivity (Wildman–Crippen MR) is 97.3 cm³/mol. The van der Waals surface area contributed by atoms with Crippen LogP contribution in [0, 0.1) is 6.92 Å². The lowest BCUT2D eigenvalue weighted by atomic mass is 10.1. The molecule has 0 N–H and O–H groups in total. The quantitative estimate of drug-likeness (QED) is 0.673. The van der Waals surface area contributed by atoms with Crippen LogP contribution in [0.2, 0.25) is 0 Å². The van der Waals surface area contributed by atoms with Gasteiger partial charge in [-0.2, -0.15) is 0 Å². The molecule has 0 bridgehead atoms. The highest BCUT2D eigenvalue weighted by Crippen LogP contribution is 2.13. The Bertz CT molecular complexity index is 985. The molecule has 3 rings (SSSR count). The maximum absolute atomic E-state index is 12.4. The van der Waals surface area contributed by atoms with E-state index in [1.165, 1.54) is 9.13 Å². The fourth-order valence-electron chi connectivity index (χ4n) is 2.65. The van der Waals surface area contributed by atoms with Gasteiger partial charge in [0.05, 0.1) is 20.2 Å². The molecule has 1 heterocycles. The van der Waals surface area contributed by atoms with Crippen LogP contribution >= 0.6 is 0 Å². The fourth-order valence-corrected chi connectivity index (χ4v) is 2.65. The molecule has 0 fully saturated rings. The Kier molecular flexibility index (Phi) is 4.84. The summed E-state index contributed by atoms with van der Waals surface area (Å²) in [6.45, 7) is 2.72. The van der Waals surface area contributed by atoms with E-state index in [0.717, 1.165) is 22.4 Å². The van der Waals surface area contributed by atoms with Crippen molar-refractivity contribution in [3.8, 4) is 5.75 Å². The third-order valence-corrected chi connectivity index (χ3v) is 4.09. The van der Waals surface area contributed by atoms with Crippen molar-refractivity contribution in [1.82, 2.24) is 9.13 Å². The van der Waals surface area contributed by atoms with Crippen LogP contribution in [-0.2, 0) is 13.1 Å². The monoisotopic (exact) mass is 336 g/mol. The van der Waals surface area contributed by atoms with Gasteiger partial charge < -0.3 is 13.9 Å². The number of methoxy groups -OCH3 is 1. The molecule has 0 saturated carbocycles. The third-order valence-electron chi connectivity index (χ3n) is 4.09. The van der Waals surface area contributed by atoms with E-state index in [2.05, 4.69) is 0 Å². The van der Waals surface area contributed by atoms with Crippen LogP contribution in [0.3, 0.4) is 0 Å². The summed E-state index contributed by atoms with van der Waals surface area (Å²) in [6, 6.07) is 15.3. The van der Waals surface area contributed by atoms with Crippen molar-refractivity contribution in [3.63, 3.8) is 0 Å². The Hall–Kier alpha value is -3.08. The second-order valence-corrected chi connectivity index (χ2v) is 6.00. The summed E-state index contributed by atoms with van der Waals surface area (Å²) in [5.74, 6) is 0.721. The van der Waals surface area contributed by atoms with Gasteiger partial charge in [-0.3, -0.25) is 9.59 Å². The zero-order chi connectivity index (χ0) is 17.8. The SMILES string of the molecule is COc1cccc(Cn2ccn(Cc3ccc(C)cc3)c(=O)c2=O)c1. The first kappa shape index (κ1) is 16.8. The van der Waals surface area contributed by atoms with E-state index in [-0.39, 0.29) is 0 Å². The number of nitrogens with zero attached hydrogens (tertiary/aromatic N) is 2. The molecule has 0 spiro atoms. The summed E-state index contributed by atoms with van der Waals surface area (Å²) in [5.41, 5.74) is 1.99. The highest BCUT2D eigenvalue weighted by Gasteiger charge is 2.07. The number of benzene rings is 2. The molecule has 1 aromatic heterocycles. The van der Waals surface area contributed by atoms with Gasteiger partial charge in [0.25, 0.3) is 0 Å². The van der Waals surface area contributed by atoms with Gasteiger partial charge in [0.2, 0.25) is 0 Å². The van der Waals surface area contributed by atoms with Crippen LogP contribution in [0.1, 0.15) is 16.7 Å². The topological polar surface area (TPSA) is 53.2 Å². The molecule has 0 saturated heterocycles. The van der Waals surface area contributed by atoms with Gasteiger partial charge in [-0.1, -0.05) is 42.0 Å². The van der Waals surface area contributed by atoms with Crippen LogP contribution in [0.4, 0.5) is 0 Å². The van der Waals surface area contributed by atoms with Gasteiger partial charge in [-0.15, -0.1) is 0 Å². The first-order valence-corrected chi connectivity index (χ1v) is 8.05. The molecule has 0 atom stereocenters. The second kappa shape index (κ2) is 7.21. The van der Waals surface area contributed by atoms with E-state index < -0.39 is 11.1 Å². The molecule has 5 nitrogen and oxygen atoms in total. The van der Waals surface area contributed by atoms with Crippen molar-refractivity contribution < 1.29 is 4.74 Å². The molecule has 0 unspecified atom stereocenters. The van der Waals surface area contributed by atoms with Gasteiger partial charge >= 0.3 is 11.1 Å². The zero-order valence-corrected chi connectivity index (χ0v) is 14.3. The molecule has 128 valence electrons. The normalized spacial score (nSPS) is 10.6. The van der Waals surface area contributed by atoms with E-state index in [0.29, 0.717) is 13.1 Å². The molecular weight excluding hydrogens is 316 g/mol. The lowest BCUT2D eigenvalue weighted by Crippen LogP contribution is -2.40. The molecule has 25 heavy (non-hydrogen) atoms. The molecule has 0 amide bonds. The maximum Gasteiger partial charge on any atom is 0.316 e. The molecule has 0 aliphatic heterocycles. The lowest BCUT2D eigenvalue weighted by molar-refractivity contribution is 0.414. The summed E-state index contributed by atoms with van der Waals surface area (Å²) in [4.78, 5) is 24.8. The number of ether oxygens (including phenoxy) is 1. The standard InChI is InChI=1S/C20H20N2O3/c1-15-6-8-16(9-7-15)13-21-10-11-22(20(24)19(21)23)14-17-4-3-5-18(12-17)25-2/h3-12H,13-14H2,1-2H3. The van der Waals surface area contributed by atoms with Gasteiger partial charge in [-0.25, -0.2) is 0 Å². The minimum absolute atomic E-state index is 0.330. The van der Waals surface area contributed by atoms with Gasteiger partial charge in [0, 0.05) is 12.4 Å². The second-order valence-electron chi connectivity index (χ2n) is 6.00. The Morgan fingerprint density at radius 3 is 2.04 bits per heavy atom. The highest BCUT2D eigenvalue weighted by atomic mass is 16.5. The smallest absolute Gasteiger partial charge is 0.316 e. The number of aryl methyl sites for hydroxylation is 1. The Morgan fingerprint density at radius 2 is 1.44 bits per heavy atom. The van der Waals surface area contributed by atoms with Crippen molar-refractivity contribution in [2.75, 3.05) is 7.11 Å². The van der Waals surface area contributed by atoms with Gasteiger partial charge in [0.1, 0.15) is 5.75 Å². The Balaban J connectivity index is 1.86. The van der Waals surface area contributed by atoms with Gasteiger partial charge in [0.15, 0.2) is 0 Å². The van der Waals surface area contributed by atoms with Crippen molar-refractivity contribution in [2.45, 2.75) is 20.0 Å². The summed E-state index contributed by atoms with van der Waals surface area (Å²) in [7, 11) is 1.59. The Labute approximate surface area is 145 Å². The van der Waals surface area contributed by atoms with E-state index in [4.69, 9.17) is 4.74 Å². The minimum atomic E-state index is -0.530. The molecule has 0 aliphatic rings. The number of hydrogen-bond acceptors (Lipinski definition) is 3. The van der Waals surface area contributed by atoms with Crippen LogP contribution in [0.15, 0.2) is 70.5 Å². The Morgan fingerprint density at radius 1 is 0.840 bits per heavy atom. The predicted octanol–water partition coefficient (Wildman–Crippen LogP) is 2.42. The fraction of sp³-hybridized carbons (Fsp3) is 0.200. The molecule has 0 aliphatic carbocycles. The summed E-state index contributed by atoms with van der Waals surface area (Å²) in [6.07, 6.45) is 3.31. The van der Waals surface area contributed by atoms with Crippen LogP contribution in [0.25, 0.3) is 0 Å². The van der Waals surface area contributed by atoms with E-state index >= 15 is 0 Å².